The van der Waals surface area contributed by atoms with Crippen molar-refractivity contribution in [3.05, 3.63) is 100 Å². The first-order valence-electron chi connectivity index (χ1n) is 13.9. The summed E-state index contributed by atoms with van der Waals surface area (Å²) in [5, 5.41) is 12.6. The van der Waals surface area contributed by atoms with E-state index in [9.17, 15) is 18.4 Å². The van der Waals surface area contributed by atoms with Crippen LogP contribution in [0.4, 0.5) is 13.6 Å². The zero-order chi connectivity index (χ0) is 31.1. The second-order valence-corrected chi connectivity index (χ2v) is 12.4. The van der Waals surface area contributed by atoms with Crippen molar-refractivity contribution in [2.45, 2.75) is 30.8 Å². The quantitative estimate of drug-likeness (QED) is 0.215. The number of ether oxygens (including phenoxy) is 1. The Labute approximate surface area is 261 Å². The SMILES string of the molecule is CN(C)C(=O)OC[C@H](c1ccc(Cl)c(-c2ncc(-c3ccccc3)s2)c1)N1C(=N)N[C@H](c2cc(F)cc(F)c2C2CC2)C1=O. The summed E-state index contributed by atoms with van der Waals surface area (Å²) < 4.78 is 34.8. The van der Waals surface area contributed by atoms with E-state index in [2.05, 4.69) is 10.3 Å². The Morgan fingerprint density at radius 2 is 1.93 bits per heavy atom. The van der Waals surface area contributed by atoms with E-state index in [1.807, 2.05) is 30.3 Å². The monoisotopic (exact) mass is 635 g/mol. The van der Waals surface area contributed by atoms with Crippen LogP contribution in [0.2, 0.25) is 5.02 Å². The second-order valence-electron chi connectivity index (χ2n) is 10.9. The summed E-state index contributed by atoms with van der Waals surface area (Å²) in [6.07, 6.45) is 2.59. The van der Waals surface area contributed by atoms with Crippen molar-refractivity contribution in [2.24, 2.45) is 0 Å². The molecule has 8 nitrogen and oxygen atoms in total. The number of hydrogen-bond donors (Lipinski definition) is 2. The molecule has 1 saturated heterocycles. The fourth-order valence-electron chi connectivity index (χ4n) is 5.33. The predicted octanol–water partition coefficient (Wildman–Crippen LogP) is 7.13. The van der Waals surface area contributed by atoms with Crippen LogP contribution in [0, 0.1) is 17.0 Å². The van der Waals surface area contributed by atoms with Gasteiger partial charge in [0.1, 0.15) is 29.3 Å². The normalized spacial score (nSPS) is 17.0. The van der Waals surface area contributed by atoms with E-state index in [4.69, 9.17) is 21.7 Å². The lowest BCUT2D eigenvalue weighted by atomic mass is 9.95. The molecule has 0 bridgehead atoms. The molecule has 0 unspecified atom stereocenters. The van der Waals surface area contributed by atoms with Crippen LogP contribution in [0.3, 0.4) is 0 Å². The number of nitrogens with one attached hydrogen (secondary N) is 2. The molecule has 44 heavy (non-hydrogen) atoms. The Kier molecular flexibility index (Phi) is 8.08. The van der Waals surface area contributed by atoms with Crippen LogP contribution in [-0.4, -0.2) is 53.4 Å². The number of nitrogens with zero attached hydrogens (tertiary/aromatic N) is 3. The molecule has 4 aromatic rings. The third-order valence-corrected chi connectivity index (χ3v) is 9.05. The smallest absolute Gasteiger partial charge is 0.409 e. The first kappa shape index (κ1) is 29.7. The Morgan fingerprint density at radius 3 is 2.64 bits per heavy atom. The number of halogens is 3. The third-order valence-electron chi connectivity index (χ3n) is 7.64. The molecule has 12 heteroatoms. The van der Waals surface area contributed by atoms with Gasteiger partial charge in [-0.25, -0.2) is 18.6 Å². The van der Waals surface area contributed by atoms with E-state index in [1.165, 1.54) is 30.3 Å². The van der Waals surface area contributed by atoms with Crippen molar-refractivity contribution in [3.8, 4) is 21.0 Å². The molecule has 2 N–H and O–H groups in total. The van der Waals surface area contributed by atoms with Crippen LogP contribution in [0.25, 0.3) is 21.0 Å². The van der Waals surface area contributed by atoms with Crippen molar-refractivity contribution >= 4 is 40.9 Å². The largest absolute Gasteiger partial charge is 0.447 e. The van der Waals surface area contributed by atoms with Gasteiger partial charge in [0.15, 0.2) is 5.96 Å². The van der Waals surface area contributed by atoms with Crippen LogP contribution in [0.1, 0.15) is 47.5 Å². The number of carbonyl (C=O) groups excluding carboxylic acids is 2. The van der Waals surface area contributed by atoms with Gasteiger partial charge in [-0.15, -0.1) is 11.3 Å². The Bertz CT molecular complexity index is 1760. The van der Waals surface area contributed by atoms with Gasteiger partial charge in [-0.1, -0.05) is 48.0 Å². The van der Waals surface area contributed by atoms with Crippen molar-refractivity contribution in [2.75, 3.05) is 20.7 Å². The summed E-state index contributed by atoms with van der Waals surface area (Å²) in [7, 11) is 3.06. The van der Waals surface area contributed by atoms with Crippen LogP contribution in [-0.2, 0) is 9.53 Å². The van der Waals surface area contributed by atoms with E-state index in [0.717, 1.165) is 40.3 Å². The molecule has 2 heterocycles. The van der Waals surface area contributed by atoms with Gasteiger partial charge in [0.2, 0.25) is 0 Å². The van der Waals surface area contributed by atoms with Gasteiger partial charge in [-0.3, -0.25) is 15.1 Å². The molecule has 1 aromatic heterocycles. The number of guanidine groups is 1. The van der Waals surface area contributed by atoms with Gasteiger partial charge in [-0.2, -0.15) is 0 Å². The van der Waals surface area contributed by atoms with Gasteiger partial charge in [0, 0.05) is 31.9 Å². The van der Waals surface area contributed by atoms with E-state index < -0.39 is 35.7 Å². The average Bonchev–Trinajstić information content (AvgIpc) is 3.63. The van der Waals surface area contributed by atoms with Crippen LogP contribution < -0.4 is 5.32 Å². The molecular weight excluding hydrogens is 608 g/mol. The summed E-state index contributed by atoms with van der Waals surface area (Å²) in [5.74, 6) is -2.50. The highest BCUT2D eigenvalue weighted by atomic mass is 35.5. The summed E-state index contributed by atoms with van der Waals surface area (Å²) in [6, 6.07) is 14.7. The highest BCUT2D eigenvalue weighted by Crippen LogP contribution is 2.46. The molecule has 2 aliphatic rings. The van der Waals surface area contributed by atoms with Crippen molar-refractivity contribution in [1.29, 1.82) is 5.41 Å². The van der Waals surface area contributed by atoms with Crippen LogP contribution in [0.15, 0.2) is 66.9 Å². The minimum atomic E-state index is -1.19. The summed E-state index contributed by atoms with van der Waals surface area (Å²) in [4.78, 5) is 34.4. The number of rotatable bonds is 8. The Hall–Kier alpha value is -4.35. The maximum Gasteiger partial charge on any atom is 0.409 e. The number of amides is 2. The van der Waals surface area contributed by atoms with Gasteiger partial charge in [0.05, 0.1) is 15.9 Å². The minimum Gasteiger partial charge on any atom is -0.447 e. The predicted molar refractivity (Wildman–Crippen MR) is 165 cm³/mol. The van der Waals surface area contributed by atoms with E-state index >= 15 is 0 Å². The van der Waals surface area contributed by atoms with Gasteiger partial charge in [-0.05, 0) is 59.2 Å². The Balaban J connectivity index is 1.37. The third kappa shape index (κ3) is 5.77. The summed E-state index contributed by atoms with van der Waals surface area (Å²) >= 11 is 8.08. The minimum absolute atomic E-state index is 0.113. The molecule has 3 aromatic carbocycles. The number of benzene rings is 3. The average molecular weight is 636 g/mol. The molecule has 2 amide bonds. The zero-order valence-corrected chi connectivity index (χ0v) is 25.4. The summed E-state index contributed by atoms with van der Waals surface area (Å²) in [6.45, 7) is -0.291. The Morgan fingerprint density at radius 1 is 1.18 bits per heavy atom. The molecule has 0 radical (unpaired) electrons. The molecule has 6 rings (SSSR count). The van der Waals surface area contributed by atoms with Crippen molar-refractivity contribution in [1.82, 2.24) is 20.1 Å². The number of hydrogen-bond acceptors (Lipinski definition) is 6. The lowest BCUT2D eigenvalue weighted by Gasteiger charge is -2.28. The van der Waals surface area contributed by atoms with E-state index in [0.29, 0.717) is 21.2 Å². The molecule has 2 atom stereocenters. The second kappa shape index (κ2) is 12.0. The van der Waals surface area contributed by atoms with Gasteiger partial charge in [0.25, 0.3) is 5.91 Å². The number of thiazole rings is 1. The lowest BCUT2D eigenvalue weighted by molar-refractivity contribution is -0.129. The highest BCUT2D eigenvalue weighted by molar-refractivity contribution is 7.18. The first-order chi connectivity index (χ1) is 21.1. The molecular formula is C32H28ClF2N5O3S. The zero-order valence-electron chi connectivity index (χ0n) is 23.8. The fraction of sp³-hybridized carbons (Fsp3) is 0.250. The maximum atomic E-state index is 14.9. The molecule has 226 valence electrons. The molecule has 2 fully saturated rings. The molecule has 1 aliphatic heterocycles. The molecule has 0 spiro atoms. The van der Waals surface area contributed by atoms with Gasteiger partial charge >= 0.3 is 6.09 Å². The summed E-state index contributed by atoms with van der Waals surface area (Å²) in [5.41, 5.74) is 2.59. The van der Waals surface area contributed by atoms with Crippen LogP contribution in [0.5, 0.6) is 0 Å². The standard InChI is InChI=1S/C32H28ClF2N5O3S/c1-39(2)32(42)43-16-25(19-10-11-23(33)21(12-19)29-37-15-26(44-29)17-6-4-3-5-7-17)40-30(41)28(38-31(40)36)22-13-20(34)14-24(35)27(22)18-8-9-18/h3-7,10-15,18,25,28H,8-9,16H2,1-2H3,(H2,36,38)/t25-,28-/m1/s1. The van der Waals surface area contributed by atoms with Gasteiger partial charge < -0.3 is 15.0 Å². The number of carbonyl (C=O) groups is 2. The first-order valence-corrected chi connectivity index (χ1v) is 15.1. The van der Waals surface area contributed by atoms with Crippen molar-refractivity contribution < 1.29 is 23.1 Å². The highest BCUT2D eigenvalue weighted by Gasteiger charge is 2.44. The fourth-order valence-corrected chi connectivity index (χ4v) is 6.55. The lowest BCUT2D eigenvalue weighted by Crippen LogP contribution is -2.39. The maximum absolute atomic E-state index is 14.9. The van der Waals surface area contributed by atoms with E-state index in [-0.39, 0.29) is 29.6 Å². The molecule has 1 saturated carbocycles. The van der Waals surface area contributed by atoms with E-state index in [1.54, 1.807) is 24.4 Å². The topological polar surface area (TPSA) is 98.6 Å². The molecule has 1 aliphatic carbocycles. The van der Waals surface area contributed by atoms with Crippen molar-refractivity contribution in [3.63, 3.8) is 0 Å². The number of aromatic nitrogens is 1. The van der Waals surface area contributed by atoms with Crippen LogP contribution >= 0.6 is 22.9 Å².